The van der Waals surface area contributed by atoms with Gasteiger partial charge in [-0.25, -0.2) is 13.1 Å². The van der Waals surface area contributed by atoms with Gasteiger partial charge in [0.1, 0.15) is 0 Å². The number of hydrogen-bond donors (Lipinski definition) is 2. The fraction of sp³-hybridized carbons (Fsp3) is 0.818. The van der Waals surface area contributed by atoms with E-state index in [4.69, 9.17) is 9.84 Å². The number of sulfonamides is 1. The first-order chi connectivity index (χ1) is 8.81. The van der Waals surface area contributed by atoms with E-state index < -0.39 is 27.4 Å². The summed E-state index contributed by atoms with van der Waals surface area (Å²) in [5.74, 6) is -1.92. The third-order valence-electron chi connectivity index (χ3n) is 3.31. The maximum Gasteiger partial charge on any atom is 0.312 e. The van der Waals surface area contributed by atoms with Crippen molar-refractivity contribution in [3.05, 3.63) is 0 Å². The lowest BCUT2D eigenvalue weighted by atomic mass is 9.89. The monoisotopic (exact) mass is 293 g/mol. The van der Waals surface area contributed by atoms with E-state index in [2.05, 4.69) is 4.72 Å². The zero-order valence-corrected chi connectivity index (χ0v) is 11.7. The molecule has 0 saturated heterocycles. The molecule has 1 saturated carbocycles. The van der Waals surface area contributed by atoms with Crippen LogP contribution in [0.2, 0.25) is 0 Å². The number of aliphatic carboxylic acids is 1. The van der Waals surface area contributed by atoms with Gasteiger partial charge in [0.25, 0.3) is 0 Å². The summed E-state index contributed by atoms with van der Waals surface area (Å²) in [6.45, 7) is -0.172. The van der Waals surface area contributed by atoms with Crippen LogP contribution < -0.4 is 4.72 Å². The number of hydrogen-bond acceptors (Lipinski definition) is 5. The minimum atomic E-state index is -3.69. The second kappa shape index (κ2) is 6.33. The van der Waals surface area contributed by atoms with Crippen LogP contribution in [0.3, 0.4) is 0 Å². The number of nitrogens with one attached hydrogen (secondary N) is 1. The largest absolute Gasteiger partial charge is 0.481 e. The van der Waals surface area contributed by atoms with E-state index in [-0.39, 0.29) is 18.7 Å². The van der Waals surface area contributed by atoms with Crippen molar-refractivity contribution in [2.75, 3.05) is 19.4 Å². The van der Waals surface area contributed by atoms with E-state index in [1.807, 2.05) is 0 Å². The van der Waals surface area contributed by atoms with Crippen LogP contribution in [0, 0.1) is 5.41 Å². The van der Waals surface area contributed by atoms with Gasteiger partial charge in [0.05, 0.1) is 24.7 Å². The molecule has 2 N–H and O–H groups in total. The van der Waals surface area contributed by atoms with Crippen LogP contribution in [0.15, 0.2) is 0 Å². The third-order valence-corrected chi connectivity index (χ3v) is 4.88. The van der Waals surface area contributed by atoms with Crippen molar-refractivity contribution in [2.45, 2.75) is 32.1 Å². The average molecular weight is 293 g/mol. The van der Waals surface area contributed by atoms with Crippen molar-refractivity contribution < 1.29 is 27.9 Å². The number of methoxy groups -OCH3 is 1. The Labute approximate surface area is 112 Å². The Bertz CT molecular complexity index is 438. The van der Waals surface area contributed by atoms with Crippen LogP contribution in [-0.2, 0) is 24.3 Å². The van der Waals surface area contributed by atoms with Crippen LogP contribution in [0.4, 0.5) is 0 Å². The zero-order chi connectivity index (χ0) is 14.5. The summed E-state index contributed by atoms with van der Waals surface area (Å²) in [4.78, 5) is 22.1. The van der Waals surface area contributed by atoms with E-state index >= 15 is 0 Å². The first-order valence-corrected chi connectivity index (χ1v) is 7.74. The summed E-state index contributed by atoms with van der Waals surface area (Å²) < 4.78 is 30.7. The Morgan fingerprint density at radius 3 is 2.37 bits per heavy atom. The highest BCUT2D eigenvalue weighted by Crippen LogP contribution is 2.40. The second-order valence-corrected chi connectivity index (χ2v) is 6.58. The Kier molecular flexibility index (Phi) is 5.30. The summed E-state index contributed by atoms with van der Waals surface area (Å²) >= 11 is 0. The van der Waals surface area contributed by atoms with Gasteiger partial charge in [-0.2, -0.15) is 0 Å². The Morgan fingerprint density at radius 1 is 1.32 bits per heavy atom. The van der Waals surface area contributed by atoms with Crippen molar-refractivity contribution in [1.29, 1.82) is 0 Å². The van der Waals surface area contributed by atoms with Gasteiger partial charge in [0.2, 0.25) is 10.0 Å². The van der Waals surface area contributed by atoms with Crippen molar-refractivity contribution in [3.8, 4) is 0 Å². The highest BCUT2D eigenvalue weighted by Gasteiger charge is 2.45. The zero-order valence-electron chi connectivity index (χ0n) is 10.8. The van der Waals surface area contributed by atoms with Gasteiger partial charge in [-0.3, -0.25) is 9.59 Å². The minimum absolute atomic E-state index is 0.172. The summed E-state index contributed by atoms with van der Waals surface area (Å²) in [5, 5.41) is 8.46. The van der Waals surface area contributed by atoms with Crippen LogP contribution in [-0.4, -0.2) is 44.9 Å². The van der Waals surface area contributed by atoms with Gasteiger partial charge in [-0.15, -0.1) is 0 Å². The SMILES string of the molecule is COC(=O)C1(CS(=O)(=O)NCCC(=O)O)CCCC1. The van der Waals surface area contributed by atoms with Crippen LogP contribution >= 0.6 is 0 Å². The molecule has 0 atom stereocenters. The lowest BCUT2D eigenvalue weighted by Crippen LogP contribution is -2.41. The number of esters is 1. The number of rotatable bonds is 7. The van der Waals surface area contributed by atoms with Gasteiger partial charge >= 0.3 is 11.9 Å². The number of carboxylic acids is 1. The maximum atomic E-state index is 11.9. The summed E-state index contributed by atoms with van der Waals surface area (Å²) in [7, 11) is -2.45. The molecule has 0 aromatic heterocycles. The molecule has 0 aliphatic heterocycles. The predicted molar refractivity (Wildman–Crippen MR) is 67.0 cm³/mol. The Hall–Kier alpha value is -1.15. The van der Waals surface area contributed by atoms with Gasteiger partial charge in [0, 0.05) is 6.54 Å². The molecule has 0 aromatic carbocycles. The lowest BCUT2D eigenvalue weighted by Gasteiger charge is -2.25. The molecule has 0 radical (unpaired) electrons. The maximum absolute atomic E-state index is 11.9. The van der Waals surface area contributed by atoms with Gasteiger partial charge < -0.3 is 9.84 Å². The molecule has 110 valence electrons. The summed E-state index contributed by atoms with van der Waals surface area (Å²) in [6.07, 6.45) is 2.27. The van der Waals surface area contributed by atoms with E-state index in [1.54, 1.807) is 0 Å². The molecule has 7 nitrogen and oxygen atoms in total. The number of carbonyl (C=O) groups excluding carboxylic acids is 1. The molecular formula is C11H19NO6S. The number of carbonyl (C=O) groups is 2. The molecule has 0 unspecified atom stereocenters. The summed E-state index contributed by atoms with van der Waals surface area (Å²) in [6, 6.07) is 0. The molecule has 0 aromatic rings. The lowest BCUT2D eigenvalue weighted by molar-refractivity contribution is -0.151. The summed E-state index contributed by atoms with van der Waals surface area (Å²) in [5.41, 5.74) is -0.982. The Morgan fingerprint density at radius 2 is 1.89 bits per heavy atom. The molecule has 8 heteroatoms. The van der Waals surface area contributed by atoms with Gasteiger partial charge in [-0.05, 0) is 12.8 Å². The molecule has 19 heavy (non-hydrogen) atoms. The van der Waals surface area contributed by atoms with Crippen LogP contribution in [0.5, 0.6) is 0 Å². The highest BCUT2D eigenvalue weighted by molar-refractivity contribution is 7.89. The second-order valence-electron chi connectivity index (χ2n) is 4.78. The molecule has 0 amide bonds. The van der Waals surface area contributed by atoms with E-state index in [0.29, 0.717) is 12.8 Å². The van der Waals surface area contributed by atoms with Gasteiger partial charge in [-0.1, -0.05) is 12.8 Å². The van der Waals surface area contributed by atoms with Crippen molar-refractivity contribution in [2.24, 2.45) is 5.41 Å². The molecule has 0 spiro atoms. The van der Waals surface area contributed by atoms with E-state index in [1.165, 1.54) is 7.11 Å². The predicted octanol–water partition coefficient (Wildman–Crippen LogP) is 0.114. The van der Waals surface area contributed by atoms with Crippen molar-refractivity contribution in [3.63, 3.8) is 0 Å². The standard InChI is InChI=1S/C11H19NO6S/c1-18-10(15)11(5-2-3-6-11)8-19(16,17)12-7-4-9(13)14/h12H,2-8H2,1H3,(H,13,14). The minimum Gasteiger partial charge on any atom is -0.481 e. The first-order valence-electron chi connectivity index (χ1n) is 6.09. The van der Waals surface area contributed by atoms with E-state index in [0.717, 1.165) is 12.8 Å². The van der Waals surface area contributed by atoms with Crippen LogP contribution in [0.1, 0.15) is 32.1 Å². The third kappa shape index (κ3) is 4.46. The molecule has 0 bridgehead atoms. The quantitative estimate of drug-likeness (QED) is 0.645. The first kappa shape index (κ1) is 15.9. The molecular weight excluding hydrogens is 274 g/mol. The van der Waals surface area contributed by atoms with Crippen molar-refractivity contribution in [1.82, 2.24) is 4.72 Å². The highest BCUT2D eigenvalue weighted by atomic mass is 32.2. The average Bonchev–Trinajstić information content (AvgIpc) is 2.76. The molecule has 1 fully saturated rings. The Balaban J connectivity index is 2.68. The number of ether oxygens (including phenoxy) is 1. The fourth-order valence-corrected chi connectivity index (χ4v) is 4.05. The molecule has 0 heterocycles. The van der Waals surface area contributed by atoms with Crippen LogP contribution in [0.25, 0.3) is 0 Å². The van der Waals surface area contributed by atoms with Gasteiger partial charge in [0.15, 0.2) is 0 Å². The van der Waals surface area contributed by atoms with E-state index in [9.17, 15) is 18.0 Å². The topological polar surface area (TPSA) is 110 Å². The normalized spacial score (nSPS) is 18.2. The molecule has 1 aliphatic rings. The molecule has 1 aliphatic carbocycles. The fourth-order valence-electron chi connectivity index (χ4n) is 2.40. The smallest absolute Gasteiger partial charge is 0.312 e. The van der Waals surface area contributed by atoms with Crippen molar-refractivity contribution >= 4 is 22.0 Å². The molecule has 1 rings (SSSR count). The number of carboxylic acid groups (broad SMARTS) is 1.